The molecule has 1 heterocycles. The number of hydrogen-bond acceptors (Lipinski definition) is 2. The average Bonchev–Trinajstić information content (AvgIpc) is 3.02. The highest BCUT2D eigenvalue weighted by Gasteiger charge is 2.33. The normalized spacial score (nSPS) is 27.3. The minimum absolute atomic E-state index is 0.374. The van der Waals surface area contributed by atoms with Crippen LogP contribution in [0, 0.1) is 6.92 Å². The fraction of sp³-hybridized carbons (Fsp3) is 0.562. The van der Waals surface area contributed by atoms with Crippen LogP contribution in [-0.4, -0.2) is 15.6 Å². The maximum atomic E-state index is 6.09. The molecule has 2 atom stereocenters. The van der Waals surface area contributed by atoms with Gasteiger partial charge >= 0.3 is 0 Å². The van der Waals surface area contributed by atoms with Crippen LogP contribution in [0.1, 0.15) is 55.5 Å². The second-order valence-corrected chi connectivity index (χ2v) is 6.33. The lowest BCUT2D eigenvalue weighted by Gasteiger charge is -2.13. The Hall–Kier alpha value is -1.35. The monoisotopic (exact) mass is 255 g/mol. The van der Waals surface area contributed by atoms with Gasteiger partial charge in [0, 0.05) is 18.0 Å². The van der Waals surface area contributed by atoms with Crippen LogP contribution in [0.5, 0.6) is 0 Å². The van der Waals surface area contributed by atoms with Gasteiger partial charge in [-0.25, -0.2) is 4.98 Å². The predicted molar refractivity (Wildman–Crippen MR) is 77.3 cm³/mol. The molecule has 100 valence electrons. The summed E-state index contributed by atoms with van der Waals surface area (Å²) in [5.74, 6) is 1.87. The molecule has 2 saturated carbocycles. The minimum Gasteiger partial charge on any atom is -0.328 e. The summed E-state index contributed by atoms with van der Waals surface area (Å²) in [6.45, 7) is 2.14. The van der Waals surface area contributed by atoms with Crippen molar-refractivity contribution in [3.05, 3.63) is 29.6 Å². The van der Waals surface area contributed by atoms with Gasteiger partial charge in [0.15, 0.2) is 0 Å². The van der Waals surface area contributed by atoms with Crippen LogP contribution in [-0.2, 0) is 0 Å². The summed E-state index contributed by atoms with van der Waals surface area (Å²) in [7, 11) is 0. The van der Waals surface area contributed by atoms with E-state index in [1.54, 1.807) is 0 Å². The molecule has 0 aliphatic heterocycles. The number of aryl methyl sites for hydroxylation is 1. The molecule has 2 aliphatic rings. The van der Waals surface area contributed by atoms with Crippen molar-refractivity contribution >= 4 is 11.0 Å². The molecule has 0 bridgehead atoms. The first-order valence-electron chi connectivity index (χ1n) is 7.46. The predicted octanol–water partition coefficient (Wildman–Crippen LogP) is 3.27. The summed E-state index contributed by atoms with van der Waals surface area (Å²) >= 11 is 0. The Morgan fingerprint density at radius 3 is 2.74 bits per heavy atom. The number of rotatable bonds is 2. The first kappa shape index (κ1) is 11.5. The van der Waals surface area contributed by atoms with Crippen LogP contribution in [0.3, 0.4) is 0 Å². The number of hydrogen-bond donors (Lipinski definition) is 1. The van der Waals surface area contributed by atoms with Crippen molar-refractivity contribution in [1.82, 2.24) is 9.55 Å². The molecule has 2 aliphatic carbocycles. The summed E-state index contributed by atoms with van der Waals surface area (Å²) in [5.41, 5.74) is 9.87. The topological polar surface area (TPSA) is 43.8 Å². The zero-order valence-electron chi connectivity index (χ0n) is 11.5. The van der Waals surface area contributed by atoms with Gasteiger partial charge in [-0.05, 0) is 56.7 Å². The van der Waals surface area contributed by atoms with E-state index in [1.165, 1.54) is 41.7 Å². The molecule has 0 unspecified atom stereocenters. The summed E-state index contributed by atoms with van der Waals surface area (Å²) in [6.07, 6.45) is 6.08. The molecule has 0 radical (unpaired) electrons. The van der Waals surface area contributed by atoms with Gasteiger partial charge in [-0.3, -0.25) is 0 Å². The first-order chi connectivity index (χ1) is 9.22. The number of benzene rings is 1. The molecule has 0 amide bonds. The Morgan fingerprint density at radius 2 is 2.05 bits per heavy atom. The number of nitrogens with two attached hydrogens (primary N) is 1. The fourth-order valence-corrected chi connectivity index (χ4v) is 3.48. The number of aromatic nitrogens is 2. The average molecular weight is 255 g/mol. The smallest absolute Gasteiger partial charge is 0.113 e. The maximum absolute atomic E-state index is 6.09. The summed E-state index contributed by atoms with van der Waals surface area (Å²) in [4.78, 5) is 4.96. The molecule has 2 fully saturated rings. The third-order valence-electron chi connectivity index (χ3n) is 4.62. The molecule has 3 nitrogen and oxygen atoms in total. The van der Waals surface area contributed by atoms with Gasteiger partial charge in [-0.1, -0.05) is 6.07 Å². The second kappa shape index (κ2) is 4.07. The van der Waals surface area contributed by atoms with Crippen molar-refractivity contribution in [2.45, 2.75) is 57.0 Å². The fourth-order valence-electron chi connectivity index (χ4n) is 3.48. The van der Waals surface area contributed by atoms with Crippen molar-refractivity contribution in [2.24, 2.45) is 5.73 Å². The van der Waals surface area contributed by atoms with E-state index < -0.39 is 0 Å². The van der Waals surface area contributed by atoms with Crippen LogP contribution in [0.2, 0.25) is 0 Å². The zero-order chi connectivity index (χ0) is 13.0. The lowest BCUT2D eigenvalue weighted by Crippen LogP contribution is -2.15. The van der Waals surface area contributed by atoms with E-state index in [2.05, 4.69) is 29.7 Å². The van der Waals surface area contributed by atoms with E-state index in [9.17, 15) is 0 Å². The molecular formula is C16H21N3. The van der Waals surface area contributed by atoms with Gasteiger partial charge in [-0.2, -0.15) is 0 Å². The largest absolute Gasteiger partial charge is 0.328 e. The van der Waals surface area contributed by atoms with E-state index in [-0.39, 0.29) is 0 Å². The Balaban J connectivity index is 1.86. The Bertz CT molecular complexity index is 624. The third-order valence-corrected chi connectivity index (χ3v) is 4.62. The number of fused-ring (bicyclic) bond motifs is 1. The Labute approximate surface area is 113 Å². The quantitative estimate of drug-likeness (QED) is 0.895. The molecule has 1 aromatic heterocycles. The van der Waals surface area contributed by atoms with Gasteiger partial charge in [0.1, 0.15) is 5.82 Å². The van der Waals surface area contributed by atoms with Crippen molar-refractivity contribution in [3.8, 4) is 0 Å². The summed E-state index contributed by atoms with van der Waals surface area (Å²) < 4.78 is 2.51. The lowest BCUT2D eigenvalue weighted by molar-refractivity contribution is 0.591. The van der Waals surface area contributed by atoms with Crippen LogP contribution in [0.15, 0.2) is 18.2 Å². The second-order valence-electron chi connectivity index (χ2n) is 6.33. The van der Waals surface area contributed by atoms with Gasteiger partial charge < -0.3 is 10.3 Å². The molecule has 4 rings (SSSR count). The molecule has 2 N–H and O–H groups in total. The summed E-state index contributed by atoms with van der Waals surface area (Å²) in [5, 5.41) is 0. The van der Waals surface area contributed by atoms with Crippen LogP contribution < -0.4 is 5.73 Å². The Kier molecular flexibility index (Phi) is 2.46. The molecule has 1 aromatic carbocycles. The van der Waals surface area contributed by atoms with Crippen molar-refractivity contribution in [2.75, 3.05) is 0 Å². The Morgan fingerprint density at radius 1 is 1.21 bits per heavy atom. The summed E-state index contributed by atoms with van der Waals surface area (Å²) in [6, 6.07) is 7.73. The van der Waals surface area contributed by atoms with Gasteiger partial charge in [0.25, 0.3) is 0 Å². The van der Waals surface area contributed by atoms with E-state index in [4.69, 9.17) is 10.7 Å². The van der Waals surface area contributed by atoms with Crippen LogP contribution >= 0.6 is 0 Å². The zero-order valence-corrected chi connectivity index (χ0v) is 11.5. The highest BCUT2D eigenvalue weighted by molar-refractivity contribution is 5.77. The van der Waals surface area contributed by atoms with Gasteiger partial charge in [0.05, 0.1) is 11.0 Å². The van der Waals surface area contributed by atoms with Crippen molar-refractivity contribution in [3.63, 3.8) is 0 Å². The lowest BCUT2D eigenvalue weighted by atomic mass is 10.1. The first-order valence-corrected chi connectivity index (χ1v) is 7.46. The van der Waals surface area contributed by atoms with E-state index in [0.29, 0.717) is 18.0 Å². The van der Waals surface area contributed by atoms with Gasteiger partial charge in [-0.15, -0.1) is 0 Å². The van der Waals surface area contributed by atoms with Gasteiger partial charge in [0.2, 0.25) is 0 Å². The SMILES string of the molecule is Cc1ccc2c(c1)nc([C@@H]1CC[C@H](N)C1)n2C1CC1. The highest BCUT2D eigenvalue weighted by atomic mass is 15.1. The number of nitrogens with zero attached hydrogens (tertiary/aromatic N) is 2. The van der Waals surface area contributed by atoms with Crippen LogP contribution in [0.25, 0.3) is 11.0 Å². The number of imidazole rings is 1. The molecule has 0 spiro atoms. The molecule has 3 heteroatoms. The standard InChI is InChI=1S/C16H21N3/c1-10-2-7-15-14(8-10)18-16(19(15)13-5-6-13)11-3-4-12(17)9-11/h2,7-8,11-13H,3-6,9,17H2,1H3/t11-,12+/m1/s1. The molecule has 19 heavy (non-hydrogen) atoms. The van der Waals surface area contributed by atoms with Crippen molar-refractivity contribution < 1.29 is 0 Å². The minimum atomic E-state index is 0.374. The third kappa shape index (κ3) is 1.88. The van der Waals surface area contributed by atoms with Crippen molar-refractivity contribution in [1.29, 1.82) is 0 Å². The van der Waals surface area contributed by atoms with E-state index >= 15 is 0 Å². The highest BCUT2D eigenvalue weighted by Crippen LogP contribution is 2.43. The van der Waals surface area contributed by atoms with E-state index in [0.717, 1.165) is 12.8 Å². The molecular weight excluding hydrogens is 234 g/mol. The van der Waals surface area contributed by atoms with Crippen LogP contribution in [0.4, 0.5) is 0 Å². The van der Waals surface area contributed by atoms with E-state index in [1.807, 2.05) is 0 Å². The maximum Gasteiger partial charge on any atom is 0.113 e. The molecule has 0 saturated heterocycles. The molecule has 2 aromatic rings.